The van der Waals surface area contributed by atoms with E-state index in [0.29, 0.717) is 5.69 Å². The first kappa shape index (κ1) is 28.2. The van der Waals surface area contributed by atoms with Crippen molar-refractivity contribution in [3.05, 3.63) is 63.6 Å². The molecular weight excluding hydrogens is 542 g/mol. The summed E-state index contributed by atoms with van der Waals surface area (Å²) in [7, 11) is -3.76. The molecule has 0 heterocycles. The van der Waals surface area contributed by atoms with Crippen LogP contribution in [-0.4, -0.2) is 50.0 Å². The van der Waals surface area contributed by atoms with E-state index in [9.17, 15) is 18.0 Å². The van der Waals surface area contributed by atoms with Crippen LogP contribution < -0.4 is 9.62 Å². The summed E-state index contributed by atoms with van der Waals surface area (Å²) in [5.74, 6) is -0.657. The predicted molar refractivity (Wildman–Crippen MR) is 147 cm³/mol. The van der Waals surface area contributed by atoms with Gasteiger partial charge in [0.05, 0.1) is 11.9 Å². The van der Waals surface area contributed by atoms with E-state index in [1.807, 2.05) is 50.2 Å². The molecule has 2 aromatic carbocycles. The van der Waals surface area contributed by atoms with Crippen molar-refractivity contribution in [1.29, 1.82) is 0 Å². The number of hydrogen-bond acceptors (Lipinski definition) is 4. The highest BCUT2D eigenvalue weighted by molar-refractivity contribution is 9.10. The first-order valence-electron chi connectivity index (χ1n) is 12.3. The summed E-state index contributed by atoms with van der Waals surface area (Å²) >= 11 is 3.46. The second-order valence-corrected chi connectivity index (χ2v) is 12.6. The Labute approximate surface area is 223 Å². The molecule has 2 amide bonds. The van der Waals surface area contributed by atoms with Crippen molar-refractivity contribution in [3.63, 3.8) is 0 Å². The summed E-state index contributed by atoms with van der Waals surface area (Å²) in [5, 5.41) is 3.11. The number of carbonyl (C=O) groups excluding carboxylic acids is 2. The fraction of sp³-hybridized carbons (Fsp3) is 0.481. The van der Waals surface area contributed by atoms with E-state index >= 15 is 0 Å². The maximum Gasteiger partial charge on any atom is 0.244 e. The molecule has 1 saturated carbocycles. The Morgan fingerprint density at radius 2 is 1.78 bits per heavy atom. The van der Waals surface area contributed by atoms with Gasteiger partial charge in [-0.2, -0.15) is 0 Å². The van der Waals surface area contributed by atoms with Crippen LogP contribution in [0.25, 0.3) is 0 Å². The molecule has 1 unspecified atom stereocenters. The van der Waals surface area contributed by atoms with Crippen LogP contribution in [0.5, 0.6) is 0 Å². The maximum absolute atomic E-state index is 13.7. The number of sulfonamides is 1. The Morgan fingerprint density at radius 1 is 1.08 bits per heavy atom. The second kappa shape index (κ2) is 12.2. The van der Waals surface area contributed by atoms with Crippen LogP contribution in [0.1, 0.15) is 55.7 Å². The standard InChI is InChI=1S/C27H36BrN3O4S/c1-19-13-14-20(2)25(15-19)31(36(4,34)35)18-26(32)30(17-22-9-8-10-23(28)16-22)21(3)27(33)29-24-11-6-5-7-12-24/h8-10,13-16,21,24H,5-7,11-12,17-18H2,1-4H3,(H,29,33). The minimum absolute atomic E-state index is 0.110. The Balaban J connectivity index is 1.90. The van der Waals surface area contributed by atoms with Gasteiger partial charge in [-0.1, -0.05) is 59.5 Å². The van der Waals surface area contributed by atoms with Gasteiger partial charge in [0.15, 0.2) is 0 Å². The lowest BCUT2D eigenvalue weighted by molar-refractivity contribution is -0.139. The van der Waals surface area contributed by atoms with Crippen molar-refractivity contribution in [1.82, 2.24) is 10.2 Å². The zero-order valence-electron chi connectivity index (χ0n) is 21.5. The van der Waals surface area contributed by atoms with Crippen LogP contribution in [-0.2, 0) is 26.2 Å². The summed E-state index contributed by atoms with van der Waals surface area (Å²) < 4.78 is 27.6. The zero-order valence-corrected chi connectivity index (χ0v) is 23.9. The van der Waals surface area contributed by atoms with Crippen molar-refractivity contribution < 1.29 is 18.0 Å². The topological polar surface area (TPSA) is 86.8 Å². The Kier molecular flexibility index (Phi) is 9.58. The van der Waals surface area contributed by atoms with Gasteiger partial charge in [0.1, 0.15) is 12.6 Å². The van der Waals surface area contributed by atoms with Gasteiger partial charge in [-0.05, 0) is 68.5 Å². The molecule has 0 radical (unpaired) electrons. The van der Waals surface area contributed by atoms with Gasteiger partial charge in [0, 0.05) is 17.1 Å². The molecule has 0 aromatic heterocycles. The van der Waals surface area contributed by atoms with Crippen molar-refractivity contribution in [2.45, 2.75) is 71.5 Å². The van der Waals surface area contributed by atoms with Crippen LogP contribution in [0.2, 0.25) is 0 Å². The van der Waals surface area contributed by atoms with Crippen molar-refractivity contribution in [2.75, 3.05) is 17.1 Å². The highest BCUT2D eigenvalue weighted by Crippen LogP contribution is 2.25. The van der Waals surface area contributed by atoms with E-state index in [4.69, 9.17) is 0 Å². The van der Waals surface area contributed by atoms with E-state index in [2.05, 4.69) is 21.2 Å². The summed E-state index contributed by atoms with van der Waals surface area (Å²) in [6.45, 7) is 5.19. The summed E-state index contributed by atoms with van der Waals surface area (Å²) in [4.78, 5) is 28.4. The lowest BCUT2D eigenvalue weighted by atomic mass is 9.95. The average Bonchev–Trinajstić information content (AvgIpc) is 2.82. The van der Waals surface area contributed by atoms with Gasteiger partial charge in [-0.25, -0.2) is 8.42 Å². The molecule has 2 aromatic rings. The Bertz CT molecular complexity index is 1200. The Morgan fingerprint density at radius 3 is 2.42 bits per heavy atom. The smallest absolute Gasteiger partial charge is 0.244 e. The summed E-state index contributed by atoms with van der Waals surface area (Å²) in [5.41, 5.74) is 2.95. The third kappa shape index (κ3) is 7.56. The number of hydrogen-bond donors (Lipinski definition) is 1. The number of anilines is 1. The molecule has 36 heavy (non-hydrogen) atoms. The van der Waals surface area contributed by atoms with Crippen molar-refractivity contribution in [2.24, 2.45) is 0 Å². The number of benzene rings is 2. The molecule has 7 nitrogen and oxygen atoms in total. The molecule has 1 atom stereocenters. The van der Waals surface area contributed by atoms with Gasteiger partial charge in [0.25, 0.3) is 0 Å². The van der Waals surface area contributed by atoms with E-state index < -0.39 is 28.5 Å². The van der Waals surface area contributed by atoms with Crippen LogP contribution in [0, 0.1) is 13.8 Å². The number of nitrogens with one attached hydrogen (secondary N) is 1. The molecule has 0 bridgehead atoms. The molecule has 0 aliphatic heterocycles. The van der Waals surface area contributed by atoms with Gasteiger partial charge in [-0.3, -0.25) is 13.9 Å². The maximum atomic E-state index is 13.7. The van der Waals surface area contributed by atoms with Gasteiger partial charge in [-0.15, -0.1) is 0 Å². The second-order valence-electron chi connectivity index (χ2n) is 9.73. The number of rotatable bonds is 9. The van der Waals surface area contributed by atoms with Gasteiger partial charge >= 0.3 is 0 Å². The van der Waals surface area contributed by atoms with Crippen molar-refractivity contribution in [3.8, 4) is 0 Å². The zero-order chi connectivity index (χ0) is 26.5. The summed E-state index contributed by atoms with van der Waals surface area (Å²) in [6, 6.07) is 12.4. The number of halogens is 1. The van der Waals surface area contributed by atoms with Gasteiger partial charge < -0.3 is 10.2 Å². The number of aryl methyl sites for hydroxylation is 2. The highest BCUT2D eigenvalue weighted by atomic mass is 79.9. The predicted octanol–water partition coefficient (Wildman–Crippen LogP) is 4.70. The average molecular weight is 579 g/mol. The van der Waals surface area contributed by atoms with E-state index in [1.54, 1.807) is 13.0 Å². The molecule has 1 fully saturated rings. The normalized spacial score (nSPS) is 15.2. The number of amides is 2. The van der Waals surface area contributed by atoms with Crippen LogP contribution in [0.4, 0.5) is 5.69 Å². The first-order chi connectivity index (χ1) is 17.0. The van der Waals surface area contributed by atoms with E-state index in [-0.39, 0.29) is 18.5 Å². The molecule has 0 saturated heterocycles. The van der Waals surface area contributed by atoms with Crippen molar-refractivity contribution >= 4 is 43.5 Å². The minimum atomic E-state index is -3.76. The van der Waals surface area contributed by atoms with E-state index in [1.165, 1.54) is 11.3 Å². The monoisotopic (exact) mass is 577 g/mol. The van der Waals surface area contributed by atoms with Crippen LogP contribution in [0.15, 0.2) is 46.9 Å². The fourth-order valence-electron chi connectivity index (χ4n) is 4.57. The third-order valence-corrected chi connectivity index (χ3v) is 8.29. The molecule has 3 rings (SSSR count). The molecule has 1 N–H and O–H groups in total. The fourth-order valence-corrected chi connectivity index (χ4v) is 5.91. The molecular formula is C27H36BrN3O4S. The number of carbonyl (C=O) groups is 2. The van der Waals surface area contributed by atoms with Gasteiger partial charge in [0.2, 0.25) is 21.8 Å². The number of nitrogens with zero attached hydrogens (tertiary/aromatic N) is 2. The largest absolute Gasteiger partial charge is 0.352 e. The van der Waals surface area contributed by atoms with Crippen LogP contribution in [0.3, 0.4) is 0 Å². The minimum Gasteiger partial charge on any atom is -0.352 e. The highest BCUT2D eigenvalue weighted by Gasteiger charge is 2.31. The third-order valence-electron chi connectivity index (χ3n) is 6.67. The molecule has 0 spiro atoms. The summed E-state index contributed by atoms with van der Waals surface area (Å²) in [6.07, 6.45) is 6.31. The van der Waals surface area contributed by atoms with Crippen LogP contribution >= 0.6 is 15.9 Å². The lowest BCUT2D eigenvalue weighted by Crippen LogP contribution is -2.53. The molecule has 1 aliphatic carbocycles. The van der Waals surface area contributed by atoms with E-state index in [0.717, 1.165) is 57.4 Å². The first-order valence-corrected chi connectivity index (χ1v) is 15.0. The Hall–Kier alpha value is -2.39. The molecule has 196 valence electrons. The quantitative estimate of drug-likeness (QED) is 0.468. The SMILES string of the molecule is Cc1ccc(C)c(N(CC(=O)N(Cc2cccc(Br)c2)C(C)C(=O)NC2CCCCC2)S(C)(=O)=O)c1. The molecule has 9 heteroatoms. The molecule has 1 aliphatic rings. The lowest BCUT2D eigenvalue weighted by Gasteiger charge is -2.33.